The van der Waals surface area contributed by atoms with Crippen molar-refractivity contribution in [3.05, 3.63) is 0 Å². The van der Waals surface area contributed by atoms with Crippen LogP contribution in [0.3, 0.4) is 0 Å². The topological polar surface area (TPSA) is 100 Å². The molecule has 1 fully saturated rings. The number of nitrogens with one attached hydrogen (secondary N) is 1. The predicted octanol–water partition coefficient (Wildman–Crippen LogP) is 2.80. The first-order chi connectivity index (χ1) is 13.2. The van der Waals surface area contributed by atoms with E-state index in [1.807, 2.05) is 34.6 Å². The summed E-state index contributed by atoms with van der Waals surface area (Å²) in [7, 11) is 0. The van der Waals surface area contributed by atoms with Crippen molar-refractivity contribution in [2.24, 2.45) is 16.6 Å². The summed E-state index contributed by atoms with van der Waals surface area (Å²) in [6.07, 6.45) is 3.02. The second kappa shape index (κ2) is 13.9. The van der Waals surface area contributed by atoms with Gasteiger partial charge in [0, 0.05) is 39.1 Å². The number of primary amides is 1. The Kier molecular flexibility index (Phi) is 13.3. The Bertz CT molecular complexity index is 537. The van der Waals surface area contributed by atoms with E-state index < -0.39 is 5.60 Å². The van der Waals surface area contributed by atoms with Crippen molar-refractivity contribution in [2.75, 3.05) is 39.3 Å². The van der Waals surface area contributed by atoms with Crippen LogP contribution in [0.2, 0.25) is 0 Å². The van der Waals surface area contributed by atoms with Gasteiger partial charge in [0.25, 0.3) is 0 Å². The van der Waals surface area contributed by atoms with Gasteiger partial charge in [-0.15, -0.1) is 24.0 Å². The van der Waals surface area contributed by atoms with Crippen molar-refractivity contribution < 1.29 is 14.3 Å². The van der Waals surface area contributed by atoms with Crippen LogP contribution in [0.15, 0.2) is 4.99 Å². The Morgan fingerprint density at radius 3 is 2.52 bits per heavy atom. The molecule has 0 aromatic carbocycles. The fourth-order valence-electron chi connectivity index (χ4n) is 3.30. The molecule has 0 saturated carbocycles. The molecule has 170 valence electrons. The first kappa shape index (κ1) is 27.7. The monoisotopic (exact) mass is 525 g/mol. The van der Waals surface area contributed by atoms with Gasteiger partial charge in [0.2, 0.25) is 5.91 Å². The molecule has 0 aromatic heterocycles. The number of halogens is 1. The summed E-state index contributed by atoms with van der Waals surface area (Å²) in [6, 6.07) is 0. The first-order valence-corrected chi connectivity index (χ1v) is 10.5. The maximum atomic E-state index is 12.4. The molecule has 0 bridgehead atoms. The summed E-state index contributed by atoms with van der Waals surface area (Å²) in [5.41, 5.74) is 4.86. The van der Waals surface area contributed by atoms with Crippen LogP contribution in [0, 0.1) is 5.92 Å². The maximum Gasteiger partial charge on any atom is 0.410 e. The number of amides is 2. The Morgan fingerprint density at radius 1 is 1.28 bits per heavy atom. The van der Waals surface area contributed by atoms with Gasteiger partial charge in [-0.05, 0) is 52.9 Å². The van der Waals surface area contributed by atoms with E-state index in [0.717, 1.165) is 44.9 Å². The average molecular weight is 525 g/mol. The first-order valence-electron chi connectivity index (χ1n) is 10.5. The number of hydrogen-bond donors (Lipinski definition) is 2. The lowest BCUT2D eigenvalue weighted by Gasteiger charge is -2.34. The minimum absolute atomic E-state index is 0. The van der Waals surface area contributed by atoms with Gasteiger partial charge in [0.15, 0.2) is 5.96 Å². The zero-order chi connectivity index (χ0) is 21.2. The van der Waals surface area contributed by atoms with Gasteiger partial charge in [-0.1, -0.05) is 6.92 Å². The highest BCUT2D eigenvalue weighted by atomic mass is 127. The molecule has 3 N–H and O–H groups in total. The van der Waals surface area contributed by atoms with E-state index in [-0.39, 0.29) is 41.9 Å². The van der Waals surface area contributed by atoms with Crippen LogP contribution in [0.4, 0.5) is 4.79 Å². The molecule has 8 nitrogen and oxygen atoms in total. The molecule has 1 aliphatic rings. The molecule has 0 radical (unpaired) electrons. The van der Waals surface area contributed by atoms with E-state index in [4.69, 9.17) is 15.5 Å². The molecule has 9 heteroatoms. The summed E-state index contributed by atoms with van der Waals surface area (Å²) in [5.74, 6) is 0.854. The van der Waals surface area contributed by atoms with Crippen molar-refractivity contribution in [1.82, 2.24) is 15.1 Å². The lowest BCUT2D eigenvalue weighted by atomic mass is 9.95. The number of aliphatic imine (C=N–C) groups is 1. The van der Waals surface area contributed by atoms with Gasteiger partial charge in [-0.25, -0.2) is 4.79 Å². The minimum atomic E-state index is -0.509. The second-order valence-corrected chi connectivity index (χ2v) is 8.33. The van der Waals surface area contributed by atoms with Crippen molar-refractivity contribution in [2.45, 2.75) is 65.9 Å². The van der Waals surface area contributed by atoms with Crippen LogP contribution in [0.1, 0.15) is 60.3 Å². The third-order valence-electron chi connectivity index (χ3n) is 4.42. The van der Waals surface area contributed by atoms with E-state index in [2.05, 4.69) is 10.2 Å². The summed E-state index contributed by atoms with van der Waals surface area (Å²) < 4.78 is 5.49. The standard InChI is InChI=1S/C20H39N5O3.HI/c1-6-11-24(19(27)28-20(3,4)5)13-10-23-18(22-7-2)25-12-8-9-16(15-25)14-17(21)26;/h16H,6-15H2,1-5H3,(H2,21,26)(H,22,23);1H. The molecular formula is C20H40IN5O3. The fourth-order valence-corrected chi connectivity index (χ4v) is 3.30. The molecule has 1 saturated heterocycles. The molecule has 1 rings (SSSR count). The number of guanidine groups is 1. The number of carbonyl (C=O) groups excluding carboxylic acids is 2. The lowest BCUT2D eigenvalue weighted by Crippen LogP contribution is -2.47. The summed E-state index contributed by atoms with van der Waals surface area (Å²) in [6.45, 7) is 13.8. The third-order valence-corrected chi connectivity index (χ3v) is 4.42. The molecule has 0 spiro atoms. The number of ether oxygens (including phenoxy) is 1. The number of likely N-dealkylation sites (tertiary alicyclic amines) is 1. The van der Waals surface area contributed by atoms with Crippen LogP contribution < -0.4 is 11.1 Å². The van der Waals surface area contributed by atoms with Crippen LogP contribution in [-0.2, 0) is 9.53 Å². The molecular weight excluding hydrogens is 485 g/mol. The zero-order valence-corrected chi connectivity index (χ0v) is 21.0. The summed E-state index contributed by atoms with van der Waals surface area (Å²) in [4.78, 5) is 32.3. The van der Waals surface area contributed by atoms with E-state index in [1.54, 1.807) is 4.90 Å². The van der Waals surface area contributed by atoms with E-state index >= 15 is 0 Å². The Labute approximate surface area is 193 Å². The van der Waals surface area contributed by atoms with Crippen molar-refractivity contribution in [1.29, 1.82) is 0 Å². The lowest BCUT2D eigenvalue weighted by molar-refractivity contribution is -0.119. The normalized spacial score (nSPS) is 17.3. The molecule has 1 atom stereocenters. The maximum absolute atomic E-state index is 12.4. The molecule has 29 heavy (non-hydrogen) atoms. The zero-order valence-electron chi connectivity index (χ0n) is 18.7. The van der Waals surface area contributed by atoms with Crippen molar-refractivity contribution in [3.8, 4) is 0 Å². The highest BCUT2D eigenvalue weighted by molar-refractivity contribution is 14.0. The molecule has 1 aliphatic heterocycles. The third kappa shape index (κ3) is 11.5. The average Bonchev–Trinajstić information content (AvgIpc) is 2.58. The molecule has 0 aromatic rings. The van der Waals surface area contributed by atoms with E-state index in [1.165, 1.54) is 0 Å². The van der Waals surface area contributed by atoms with Crippen LogP contribution >= 0.6 is 24.0 Å². The van der Waals surface area contributed by atoms with Gasteiger partial charge in [-0.2, -0.15) is 0 Å². The van der Waals surface area contributed by atoms with Crippen LogP contribution in [0.25, 0.3) is 0 Å². The number of piperidine rings is 1. The Hall–Kier alpha value is -1.26. The van der Waals surface area contributed by atoms with Gasteiger partial charge in [0.1, 0.15) is 5.60 Å². The van der Waals surface area contributed by atoms with Crippen LogP contribution in [0.5, 0.6) is 0 Å². The number of nitrogens with two attached hydrogens (primary N) is 1. The molecule has 1 unspecified atom stereocenters. The van der Waals surface area contributed by atoms with E-state index in [9.17, 15) is 9.59 Å². The molecule has 0 aliphatic carbocycles. The highest BCUT2D eigenvalue weighted by Gasteiger charge is 2.24. The number of nitrogens with zero attached hydrogens (tertiary/aromatic N) is 3. The van der Waals surface area contributed by atoms with Gasteiger partial charge in [-0.3, -0.25) is 9.79 Å². The van der Waals surface area contributed by atoms with E-state index in [0.29, 0.717) is 26.1 Å². The number of hydrogen-bond acceptors (Lipinski definition) is 4. The fraction of sp³-hybridized carbons (Fsp3) is 0.850. The minimum Gasteiger partial charge on any atom is -0.444 e. The quantitative estimate of drug-likeness (QED) is 0.289. The highest BCUT2D eigenvalue weighted by Crippen LogP contribution is 2.19. The van der Waals surface area contributed by atoms with Gasteiger partial charge >= 0.3 is 6.09 Å². The van der Waals surface area contributed by atoms with Crippen molar-refractivity contribution >= 4 is 41.9 Å². The smallest absolute Gasteiger partial charge is 0.410 e. The SMILES string of the molecule is CCCN(CCN=C(NCC)N1CCCC(CC(N)=O)C1)C(=O)OC(C)(C)C.I. The number of rotatable bonds is 8. The Morgan fingerprint density at radius 2 is 1.97 bits per heavy atom. The Balaban J connectivity index is 0.00000784. The van der Waals surface area contributed by atoms with Gasteiger partial charge < -0.3 is 25.6 Å². The number of carbonyl (C=O) groups is 2. The summed E-state index contributed by atoms with van der Waals surface area (Å²) in [5, 5.41) is 3.32. The molecule has 2 amide bonds. The predicted molar refractivity (Wildman–Crippen MR) is 128 cm³/mol. The second-order valence-electron chi connectivity index (χ2n) is 8.33. The van der Waals surface area contributed by atoms with Crippen molar-refractivity contribution in [3.63, 3.8) is 0 Å². The van der Waals surface area contributed by atoms with Crippen LogP contribution in [-0.4, -0.2) is 72.6 Å². The molecule has 1 heterocycles. The largest absolute Gasteiger partial charge is 0.444 e. The summed E-state index contributed by atoms with van der Waals surface area (Å²) >= 11 is 0. The van der Waals surface area contributed by atoms with Gasteiger partial charge in [0.05, 0.1) is 6.54 Å².